The molecule has 2 heterocycles. The number of hydrogen-bond acceptors (Lipinski definition) is 2. The number of nitrogens with zero attached hydrogens (tertiary/aromatic N) is 1. The SMILES string of the molecule is O=C(CC(c1ccco1)n1cccc1)Nc1ccc(Cl)cc1. The van der Waals surface area contributed by atoms with E-state index in [-0.39, 0.29) is 18.4 Å². The number of anilines is 1. The number of carbonyl (C=O) groups excluding carboxylic acids is 1. The van der Waals surface area contributed by atoms with E-state index in [1.54, 1.807) is 30.5 Å². The fourth-order valence-corrected chi connectivity index (χ4v) is 2.44. The highest BCUT2D eigenvalue weighted by Crippen LogP contribution is 2.23. The molecule has 0 aliphatic heterocycles. The van der Waals surface area contributed by atoms with Gasteiger partial charge in [0.15, 0.2) is 0 Å². The van der Waals surface area contributed by atoms with Gasteiger partial charge in [0.05, 0.1) is 18.7 Å². The van der Waals surface area contributed by atoms with E-state index in [1.165, 1.54) is 0 Å². The van der Waals surface area contributed by atoms with Crippen molar-refractivity contribution >= 4 is 23.2 Å². The first-order valence-corrected chi connectivity index (χ1v) is 7.31. The Labute approximate surface area is 133 Å². The summed E-state index contributed by atoms with van der Waals surface area (Å²) in [5.41, 5.74) is 0.722. The molecule has 0 aliphatic carbocycles. The monoisotopic (exact) mass is 314 g/mol. The van der Waals surface area contributed by atoms with E-state index < -0.39 is 0 Å². The highest BCUT2D eigenvalue weighted by molar-refractivity contribution is 6.30. The van der Waals surface area contributed by atoms with Crippen LogP contribution in [-0.2, 0) is 4.79 Å². The largest absolute Gasteiger partial charge is 0.467 e. The van der Waals surface area contributed by atoms with Gasteiger partial charge in [-0.15, -0.1) is 0 Å². The van der Waals surface area contributed by atoms with E-state index in [0.29, 0.717) is 5.02 Å². The summed E-state index contributed by atoms with van der Waals surface area (Å²) in [5.74, 6) is 0.667. The van der Waals surface area contributed by atoms with E-state index in [9.17, 15) is 4.79 Å². The molecule has 0 spiro atoms. The molecule has 0 bridgehead atoms. The molecule has 3 rings (SSSR count). The number of halogens is 1. The van der Waals surface area contributed by atoms with Gasteiger partial charge in [-0.2, -0.15) is 0 Å². The van der Waals surface area contributed by atoms with Gasteiger partial charge in [-0.05, 0) is 48.5 Å². The molecule has 22 heavy (non-hydrogen) atoms. The van der Waals surface area contributed by atoms with Gasteiger partial charge in [-0.1, -0.05) is 11.6 Å². The summed E-state index contributed by atoms with van der Waals surface area (Å²) in [6, 6.07) is 14.4. The van der Waals surface area contributed by atoms with Crippen LogP contribution in [0.3, 0.4) is 0 Å². The molecule has 5 heteroatoms. The maximum Gasteiger partial charge on any atom is 0.226 e. The van der Waals surface area contributed by atoms with Crippen LogP contribution in [0.2, 0.25) is 5.02 Å². The van der Waals surface area contributed by atoms with Gasteiger partial charge in [0.1, 0.15) is 5.76 Å². The summed E-state index contributed by atoms with van der Waals surface area (Å²) in [7, 11) is 0. The summed E-state index contributed by atoms with van der Waals surface area (Å²) in [5, 5.41) is 3.51. The number of amides is 1. The quantitative estimate of drug-likeness (QED) is 0.761. The number of furan rings is 1. The molecule has 1 atom stereocenters. The summed E-state index contributed by atoms with van der Waals surface area (Å²) in [4.78, 5) is 12.3. The second-order valence-corrected chi connectivity index (χ2v) is 5.36. The van der Waals surface area contributed by atoms with Gasteiger partial charge < -0.3 is 14.3 Å². The molecule has 0 radical (unpaired) electrons. The average molecular weight is 315 g/mol. The number of benzene rings is 1. The second kappa shape index (κ2) is 6.54. The molecule has 1 N–H and O–H groups in total. The number of nitrogens with one attached hydrogen (secondary N) is 1. The molecular formula is C17H15ClN2O2. The van der Waals surface area contributed by atoms with Crippen molar-refractivity contribution in [3.63, 3.8) is 0 Å². The lowest BCUT2D eigenvalue weighted by Crippen LogP contribution is -2.19. The minimum Gasteiger partial charge on any atom is -0.467 e. The highest BCUT2D eigenvalue weighted by Gasteiger charge is 2.19. The summed E-state index contributed by atoms with van der Waals surface area (Å²) in [6.45, 7) is 0. The molecule has 112 valence electrons. The van der Waals surface area contributed by atoms with Crippen LogP contribution in [0.5, 0.6) is 0 Å². The number of hydrogen-bond donors (Lipinski definition) is 1. The summed E-state index contributed by atoms with van der Waals surface area (Å²) < 4.78 is 7.43. The van der Waals surface area contributed by atoms with Crippen LogP contribution in [0.1, 0.15) is 18.2 Å². The number of aromatic nitrogens is 1. The van der Waals surface area contributed by atoms with E-state index in [4.69, 9.17) is 16.0 Å². The molecule has 0 saturated heterocycles. The maximum atomic E-state index is 12.3. The van der Waals surface area contributed by atoms with Crippen LogP contribution in [-0.4, -0.2) is 10.5 Å². The van der Waals surface area contributed by atoms with Crippen molar-refractivity contribution in [3.05, 3.63) is 78.0 Å². The molecule has 4 nitrogen and oxygen atoms in total. The Morgan fingerprint density at radius 2 is 1.86 bits per heavy atom. The first kappa shape index (κ1) is 14.5. The smallest absolute Gasteiger partial charge is 0.226 e. The predicted molar refractivity (Wildman–Crippen MR) is 86.0 cm³/mol. The van der Waals surface area contributed by atoms with Gasteiger partial charge in [0.25, 0.3) is 0 Å². The number of rotatable bonds is 5. The van der Waals surface area contributed by atoms with Crippen molar-refractivity contribution in [1.29, 1.82) is 0 Å². The maximum absolute atomic E-state index is 12.3. The second-order valence-electron chi connectivity index (χ2n) is 4.92. The van der Waals surface area contributed by atoms with Crippen LogP contribution in [0.25, 0.3) is 0 Å². The third-order valence-corrected chi connectivity index (χ3v) is 3.62. The Hall–Kier alpha value is -2.46. The fraction of sp³-hybridized carbons (Fsp3) is 0.118. The van der Waals surface area contributed by atoms with Gasteiger partial charge >= 0.3 is 0 Å². The van der Waals surface area contributed by atoms with Crippen molar-refractivity contribution in [2.24, 2.45) is 0 Å². The van der Waals surface area contributed by atoms with Crippen LogP contribution in [0, 0.1) is 0 Å². The normalized spacial score (nSPS) is 12.0. The summed E-state index contributed by atoms with van der Waals surface area (Å²) >= 11 is 5.84. The number of carbonyl (C=O) groups is 1. The van der Waals surface area contributed by atoms with Crippen molar-refractivity contribution < 1.29 is 9.21 Å². The van der Waals surface area contributed by atoms with E-state index >= 15 is 0 Å². The van der Waals surface area contributed by atoms with Crippen molar-refractivity contribution in [3.8, 4) is 0 Å². The zero-order valence-corrected chi connectivity index (χ0v) is 12.5. The fourth-order valence-electron chi connectivity index (χ4n) is 2.31. The Kier molecular flexibility index (Phi) is 4.30. The minimum atomic E-state index is -0.169. The molecule has 0 fully saturated rings. The first-order valence-electron chi connectivity index (χ1n) is 6.93. The molecule has 0 saturated carbocycles. The highest BCUT2D eigenvalue weighted by atomic mass is 35.5. The molecule has 1 unspecified atom stereocenters. The van der Waals surface area contributed by atoms with E-state index in [0.717, 1.165) is 11.4 Å². The van der Waals surface area contributed by atoms with Crippen LogP contribution in [0.4, 0.5) is 5.69 Å². The Morgan fingerprint density at radius 3 is 2.50 bits per heavy atom. The molecule has 2 aromatic heterocycles. The topological polar surface area (TPSA) is 47.2 Å². The van der Waals surface area contributed by atoms with Crippen LogP contribution >= 0.6 is 11.6 Å². The molecule has 1 aromatic carbocycles. The third-order valence-electron chi connectivity index (χ3n) is 3.37. The van der Waals surface area contributed by atoms with Crippen LogP contribution in [0.15, 0.2) is 71.6 Å². The summed E-state index contributed by atoms with van der Waals surface area (Å²) in [6.07, 6.45) is 5.74. The standard InChI is InChI=1S/C17H15ClN2O2/c18-13-5-7-14(8-6-13)19-17(21)12-15(16-4-3-11-22-16)20-9-1-2-10-20/h1-11,15H,12H2,(H,19,21). The van der Waals surface area contributed by atoms with Gasteiger partial charge in [-0.25, -0.2) is 0 Å². The lowest BCUT2D eigenvalue weighted by atomic mass is 10.1. The lowest BCUT2D eigenvalue weighted by Gasteiger charge is -2.16. The molecular weight excluding hydrogens is 300 g/mol. The third kappa shape index (κ3) is 3.40. The Bertz CT molecular complexity index is 684. The Morgan fingerprint density at radius 1 is 1.14 bits per heavy atom. The van der Waals surface area contributed by atoms with Gasteiger partial charge in [0, 0.05) is 23.1 Å². The van der Waals surface area contributed by atoms with Crippen LogP contribution < -0.4 is 5.32 Å². The molecule has 3 aromatic rings. The predicted octanol–water partition coefficient (Wildman–Crippen LogP) is 4.35. The minimum absolute atomic E-state index is 0.0857. The van der Waals surface area contributed by atoms with Crippen molar-refractivity contribution in [1.82, 2.24) is 4.57 Å². The molecule has 1 amide bonds. The molecule has 0 aliphatic rings. The zero-order valence-electron chi connectivity index (χ0n) is 11.8. The van der Waals surface area contributed by atoms with E-state index in [1.807, 2.05) is 41.2 Å². The average Bonchev–Trinajstić information content (AvgIpc) is 3.21. The van der Waals surface area contributed by atoms with Crippen molar-refractivity contribution in [2.45, 2.75) is 12.5 Å². The first-order chi connectivity index (χ1) is 10.7. The van der Waals surface area contributed by atoms with E-state index in [2.05, 4.69) is 5.32 Å². The zero-order chi connectivity index (χ0) is 15.4. The van der Waals surface area contributed by atoms with Gasteiger partial charge in [-0.3, -0.25) is 4.79 Å². The van der Waals surface area contributed by atoms with Gasteiger partial charge in [0.2, 0.25) is 5.91 Å². The lowest BCUT2D eigenvalue weighted by molar-refractivity contribution is -0.116. The van der Waals surface area contributed by atoms with Crippen molar-refractivity contribution in [2.75, 3.05) is 5.32 Å². The Balaban J connectivity index is 1.73.